The zero-order valence-electron chi connectivity index (χ0n) is 11.5. The van der Waals surface area contributed by atoms with E-state index in [1.54, 1.807) is 0 Å². The van der Waals surface area contributed by atoms with E-state index in [0.29, 0.717) is 0 Å². The van der Waals surface area contributed by atoms with Crippen LogP contribution in [0.2, 0.25) is 5.02 Å². The number of carboxylic acid groups (broad SMARTS) is 1. The maximum absolute atomic E-state index is 12.2. The van der Waals surface area contributed by atoms with Gasteiger partial charge in [0.2, 0.25) is 0 Å². The number of carbonyl (C=O) groups is 1. The zero-order valence-corrected chi connectivity index (χ0v) is 13.1. The Morgan fingerprint density at radius 3 is 2.45 bits per heavy atom. The Morgan fingerprint density at radius 1 is 1.35 bits per heavy atom. The topological polar surface area (TPSA) is 80.7 Å². The lowest BCUT2D eigenvalue weighted by molar-refractivity contribution is 0.00644. The standard InChI is InChI=1S/C13H17ClO5S/c1-13(2,3)19-6-7-20(17,18)11-8-9(12(15)16)4-5-10(11)14/h4-5,8H,6-7H2,1-3H3,(H,15,16). The molecule has 0 amide bonds. The molecule has 1 aromatic rings. The molecule has 1 rings (SSSR count). The molecule has 0 saturated heterocycles. The number of hydrogen-bond donors (Lipinski definition) is 1. The Bertz CT molecular complexity index is 602. The van der Waals surface area contributed by atoms with Crippen LogP contribution in [0.4, 0.5) is 0 Å². The molecule has 0 aromatic heterocycles. The van der Waals surface area contributed by atoms with E-state index in [1.165, 1.54) is 12.1 Å². The molecule has 0 aliphatic heterocycles. The maximum Gasteiger partial charge on any atom is 0.335 e. The maximum atomic E-state index is 12.2. The van der Waals surface area contributed by atoms with Crippen molar-refractivity contribution in [2.24, 2.45) is 0 Å². The van der Waals surface area contributed by atoms with Crippen LogP contribution in [-0.4, -0.2) is 37.5 Å². The van der Waals surface area contributed by atoms with Crippen LogP contribution >= 0.6 is 11.6 Å². The largest absolute Gasteiger partial charge is 0.478 e. The van der Waals surface area contributed by atoms with Gasteiger partial charge in [-0.15, -0.1) is 0 Å². The van der Waals surface area contributed by atoms with Crippen molar-refractivity contribution in [2.45, 2.75) is 31.3 Å². The molecule has 0 heterocycles. The van der Waals surface area contributed by atoms with Gasteiger partial charge >= 0.3 is 5.97 Å². The van der Waals surface area contributed by atoms with Crippen molar-refractivity contribution in [3.05, 3.63) is 28.8 Å². The average Bonchev–Trinajstić information content (AvgIpc) is 2.26. The van der Waals surface area contributed by atoms with Gasteiger partial charge in [-0.2, -0.15) is 0 Å². The van der Waals surface area contributed by atoms with E-state index in [2.05, 4.69) is 0 Å². The van der Waals surface area contributed by atoms with Crippen molar-refractivity contribution in [1.29, 1.82) is 0 Å². The summed E-state index contributed by atoms with van der Waals surface area (Å²) in [4.78, 5) is 10.7. The molecule has 1 N–H and O–H groups in total. The summed E-state index contributed by atoms with van der Waals surface area (Å²) < 4.78 is 29.7. The van der Waals surface area contributed by atoms with Gasteiger partial charge in [0.1, 0.15) is 0 Å². The molecule has 112 valence electrons. The Morgan fingerprint density at radius 2 is 1.95 bits per heavy atom. The van der Waals surface area contributed by atoms with Crippen molar-refractivity contribution in [3.63, 3.8) is 0 Å². The van der Waals surface area contributed by atoms with Crippen LogP contribution in [0.1, 0.15) is 31.1 Å². The quantitative estimate of drug-likeness (QED) is 0.902. The molecule has 0 atom stereocenters. The second-order valence-corrected chi connectivity index (χ2v) is 7.71. The van der Waals surface area contributed by atoms with Crippen LogP contribution in [-0.2, 0) is 14.6 Å². The van der Waals surface area contributed by atoms with E-state index in [9.17, 15) is 13.2 Å². The van der Waals surface area contributed by atoms with E-state index in [1.807, 2.05) is 20.8 Å². The first kappa shape index (κ1) is 16.9. The van der Waals surface area contributed by atoms with Crippen molar-refractivity contribution < 1.29 is 23.1 Å². The van der Waals surface area contributed by atoms with E-state index >= 15 is 0 Å². The minimum Gasteiger partial charge on any atom is -0.478 e. The zero-order chi connectivity index (χ0) is 15.6. The number of carboxylic acids is 1. The monoisotopic (exact) mass is 320 g/mol. The van der Waals surface area contributed by atoms with E-state index in [-0.39, 0.29) is 27.8 Å². The second kappa shape index (κ2) is 6.11. The minimum atomic E-state index is -3.69. The first-order valence-corrected chi connectivity index (χ1v) is 7.95. The van der Waals surface area contributed by atoms with Gasteiger partial charge in [-0.25, -0.2) is 13.2 Å². The number of sulfone groups is 1. The lowest BCUT2D eigenvalue weighted by Gasteiger charge is -2.19. The van der Waals surface area contributed by atoms with Crippen LogP contribution < -0.4 is 0 Å². The molecular formula is C13H17ClO5S. The number of ether oxygens (including phenoxy) is 1. The van der Waals surface area contributed by atoms with Gasteiger partial charge in [-0.05, 0) is 39.0 Å². The molecule has 0 bridgehead atoms. The average molecular weight is 321 g/mol. The fraction of sp³-hybridized carbons (Fsp3) is 0.462. The van der Waals surface area contributed by atoms with Gasteiger partial charge in [0, 0.05) is 0 Å². The molecular weight excluding hydrogens is 304 g/mol. The summed E-state index contributed by atoms with van der Waals surface area (Å²) >= 11 is 5.84. The van der Waals surface area contributed by atoms with E-state index in [4.69, 9.17) is 21.4 Å². The van der Waals surface area contributed by atoms with Gasteiger partial charge in [-0.1, -0.05) is 11.6 Å². The number of rotatable bonds is 5. The third-order valence-electron chi connectivity index (χ3n) is 2.40. The van der Waals surface area contributed by atoms with Gasteiger partial charge in [-0.3, -0.25) is 0 Å². The molecule has 0 radical (unpaired) electrons. The highest BCUT2D eigenvalue weighted by Crippen LogP contribution is 2.24. The highest BCUT2D eigenvalue weighted by Gasteiger charge is 2.21. The number of benzene rings is 1. The molecule has 0 unspecified atom stereocenters. The molecule has 0 saturated carbocycles. The predicted molar refractivity (Wildman–Crippen MR) is 76.2 cm³/mol. The number of aromatic carboxylic acids is 1. The fourth-order valence-corrected chi connectivity index (χ4v) is 3.11. The van der Waals surface area contributed by atoms with Crippen LogP contribution in [0, 0.1) is 0 Å². The molecule has 0 aliphatic rings. The smallest absolute Gasteiger partial charge is 0.335 e. The molecule has 7 heteroatoms. The molecule has 0 aliphatic carbocycles. The summed E-state index contributed by atoms with van der Waals surface area (Å²) in [7, 11) is -3.69. The second-order valence-electron chi connectivity index (χ2n) is 5.23. The third kappa shape index (κ3) is 4.77. The summed E-state index contributed by atoms with van der Waals surface area (Å²) in [6, 6.07) is 3.59. The number of hydrogen-bond acceptors (Lipinski definition) is 4. The fourth-order valence-electron chi connectivity index (χ4n) is 1.44. The van der Waals surface area contributed by atoms with Crippen LogP contribution in [0.3, 0.4) is 0 Å². The van der Waals surface area contributed by atoms with Gasteiger partial charge in [0.25, 0.3) is 0 Å². The third-order valence-corrected chi connectivity index (χ3v) is 4.55. The Labute approximate surface area is 123 Å². The normalized spacial score (nSPS) is 12.4. The minimum absolute atomic E-state index is 0.00533. The molecule has 1 aromatic carbocycles. The van der Waals surface area contributed by atoms with Crippen LogP contribution in [0.25, 0.3) is 0 Å². The van der Waals surface area contributed by atoms with E-state index < -0.39 is 21.4 Å². The Kier molecular flexibility index (Phi) is 5.18. The highest BCUT2D eigenvalue weighted by atomic mass is 35.5. The summed E-state index contributed by atoms with van der Waals surface area (Å²) in [6.45, 7) is 5.46. The molecule has 5 nitrogen and oxygen atoms in total. The number of halogens is 1. The lowest BCUT2D eigenvalue weighted by Crippen LogP contribution is -2.23. The summed E-state index contributed by atoms with van der Waals surface area (Å²) in [5, 5.41) is 8.89. The first-order chi connectivity index (χ1) is 9.03. The van der Waals surface area contributed by atoms with Gasteiger partial charge in [0.15, 0.2) is 9.84 Å². The van der Waals surface area contributed by atoms with Crippen molar-refractivity contribution in [3.8, 4) is 0 Å². The summed E-state index contributed by atoms with van der Waals surface area (Å²) in [5.74, 6) is -1.46. The lowest BCUT2D eigenvalue weighted by atomic mass is 10.2. The van der Waals surface area contributed by atoms with Crippen molar-refractivity contribution in [1.82, 2.24) is 0 Å². The SMILES string of the molecule is CC(C)(C)OCCS(=O)(=O)c1cc(C(=O)O)ccc1Cl. The highest BCUT2D eigenvalue weighted by molar-refractivity contribution is 7.91. The Balaban J connectivity index is 2.97. The Hall–Kier alpha value is -1.11. The summed E-state index contributed by atoms with van der Waals surface area (Å²) in [5.41, 5.74) is -0.563. The molecule has 20 heavy (non-hydrogen) atoms. The van der Waals surface area contributed by atoms with Crippen LogP contribution in [0.15, 0.2) is 23.1 Å². The van der Waals surface area contributed by atoms with Gasteiger partial charge < -0.3 is 9.84 Å². The van der Waals surface area contributed by atoms with Gasteiger partial charge in [0.05, 0.1) is 33.4 Å². The first-order valence-electron chi connectivity index (χ1n) is 5.92. The predicted octanol–water partition coefficient (Wildman–Crippen LogP) is 2.63. The van der Waals surface area contributed by atoms with Crippen molar-refractivity contribution in [2.75, 3.05) is 12.4 Å². The molecule has 0 spiro atoms. The molecule has 0 fully saturated rings. The summed E-state index contributed by atoms with van der Waals surface area (Å²) in [6.07, 6.45) is 0. The van der Waals surface area contributed by atoms with Crippen LogP contribution in [0.5, 0.6) is 0 Å². The van der Waals surface area contributed by atoms with E-state index in [0.717, 1.165) is 6.07 Å². The van der Waals surface area contributed by atoms with Crippen molar-refractivity contribution >= 4 is 27.4 Å².